The zero-order valence-corrected chi connectivity index (χ0v) is 49.6. The molecule has 0 bridgehead atoms. The van der Waals surface area contributed by atoms with Crippen LogP contribution in [0.1, 0.15) is 380 Å². The fourth-order valence-electron chi connectivity index (χ4n) is 10.7. The Morgan fingerprint density at radius 2 is 0.644 bits per heavy atom. The van der Waals surface area contributed by atoms with Crippen LogP contribution in [-0.4, -0.2) is 47.4 Å². The highest BCUT2D eigenvalue weighted by atomic mass is 16.5. The molecule has 0 saturated heterocycles. The van der Waals surface area contributed by atoms with Gasteiger partial charge in [0.1, 0.15) is 0 Å². The summed E-state index contributed by atoms with van der Waals surface area (Å²) < 4.78 is 5.49. The highest BCUT2D eigenvalue weighted by Gasteiger charge is 2.20. The Morgan fingerprint density at radius 3 is 0.973 bits per heavy atom. The molecule has 0 aliphatic carbocycles. The zero-order valence-electron chi connectivity index (χ0n) is 49.6. The van der Waals surface area contributed by atoms with E-state index in [-0.39, 0.29) is 18.5 Å². The van der Waals surface area contributed by atoms with E-state index in [9.17, 15) is 19.8 Å². The largest absolute Gasteiger partial charge is 0.466 e. The van der Waals surface area contributed by atoms with E-state index in [1.807, 2.05) is 0 Å². The summed E-state index contributed by atoms with van der Waals surface area (Å²) in [6, 6.07) is -0.547. The van der Waals surface area contributed by atoms with Crippen LogP contribution in [0, 0.1) is 0 Å². The molecule has 0 radical (unpaired) electrons. The lowest BCUT2D eigenvalue weighted by molar-refractivity contribution is -0.143. The number of hydrogen-bond acceptors (Lipinski definition) is 5. The average Bonchev–Trinajstić information content (AvgIpc) is 3.39. The molecule has 0 heterocycles. The van der Waals surface area contributed by atoms with Crippen molar-refractivity contribution in [2.24, 2.45) is 0 Å². The van der Waals surface area contributed by atoms with E-state index in [2.05, 4.69) is 31.3 Å². The SMILES string of the molecule is CCCCCCCCCCCCCCCCCCCCCCC(O)C(CO)NC(=O)CCCCCCCCC/C=C\CCCCCCCCCCCCCOC(=O)CCCCCCCCCCCCCCCC. The second kappa shape index (κ2) is 63.1. The Hall–Kier alpha value is -1.40. The van der Waals surface area contributed by atoms with Gasteiger partial charge in [-0.05, 0) is 51.4 Å². The predicted octanol–water partition coefficient (Wildman–Crippen LogP) is 21.2. The maximum absolute atomic E-state index is 12.5. The molecule has 3 N–H and O–H groups in total. The number of rotatable bonds is 63. The van der Waals surface area contributed by atoms with Crippen LogP contribution >= 0.6 is 0 Å². The van der Waals surface area contributed by atoms with Gasteiger partial charge in [-0.15, -0.1) is 0 Å². The molecule has 0 aliphatic rings. The van der Waals surface area contributed by atoms with E-state index >= 15 is 0 Å². The summed E-state index contributed by atoms with van der Waals surface area (Å²) in [5, 5.41) is 23.4. The first-order valence-electron chi connectivity index (χ1n) is 33.4. The topological polar surface area (TPSA) is 95.9 Å². The molecule has 73 heavy (non-hydrogen) atoms. The fraction of sp³-hybridized carbons (Fsp3) is 0.940. The van der Waals surface area contributed by atoms with Gasteiger partial charge >= 0.3 is 5.97 Å². The maximum atomic E-state index is 12.5. The van der Waals surface area contributed by atoms with Gasteiger partial charge in [-0.3, -0.25) is 9.59 Å². The lowest BCUT2D eigenvalue weighted by Gasteiger charge is -2.22. The monoisotopic (exact) mass is 1030 g/mol. The zero-order chi connectivity index (χ0) is 52.9. The second-order valence-corrected chi connectivity index (χ2v) is 23.2. The minimum Gasteiger partial charge on any atom is -0.466 e. The van der Waals surface area contributed by atoms with Gasteiger partial charge in [-0.1, -0.05) is 328 Å². The predicted molar refractivity (Wildman–Crippen MR) is 320 cm³/mol. The molecule has 0 saturated carbocycles. The van der Waals surface area contributed by atoms with E-state index in [1.165, 1.54) is 308 Å². The van der Waals surface area contributed by atoms with Crippen LogP contribution in [0.5, 0.6) is 0 Å². The molecule has 6 heteroatoms. The molecule has 0 rings (SSSR count). The molecule has 6 nitrogen and oxygen atoms in total. The number of ether oxygens (including phenoxy) is 1. The summed E-state index contributed by atoms with van der Waals surface area (Å²) >= 11 is 0. The summed E-state index contributed by atoms with van der Waals surface area (Å²) in [6.45, 7) is 4.99. The fourth-order valence-corrected chi connectivity index (χ4v) is 10.7. The van der Waals surface area contributed by atoms with Crippen molar-refractivity contribution in [2.45, 2.75) is 392 Å². The van der Waals surface area contributed by atoms with E-state index in [0.29, 0.717) is 25.9 Å². The van der Waals surface area contributed by atoms with E-state index in [4.69, 9.17) is 4.74 Å². The quantitative estimate of drug-likeness (QED) is 0.0320. The maximum Gasteiger partial charge on any atom is 0.305 e. The first kappa shape index (κ1) is 71.6. The van der Waals surface area contributed by atoms with Gasteiger partial charge in [-0.25, -0.2) is 0 Å². The van der Waals surface area contributed by atoms with Crippen molar-refractivity contribution in [3.8, 4) is 0 Å². The van der Waals surface area contributed by atoms with Crippen LogP contribution in [-0.2, 0) is 14.3 Å². The van der Waals surface area contributed by atoms with Crippen LogP contribution in [0.15, 0.2) is 12.2 Å². The Balaban J connectivity index is 3.41. The van der Waals surface area contributed by atoms with E-state index in [1.54, 1.807) is 0 Å². The van der Waals surface area contributed by atoms with Crippen LogP contribution in [0.2, 0.25) is 0 Å². The van der Waals surface area contributed by atoms with E-state index in [0.717, 1.165) is 38.5 Å². The van der Waals surface area contributed by atoms with Gasteiger partial charge in [0.15, 0.2) is 0 Å². The number of nitrogens with one attached hydrogen (secondary N) is 1. The number of esters is 1. The third kappa shape index (κ3) is 59.7. The van der Waals surface area contributed by atoms with E-state index < -0.39 is 12.1 Å². The van der Waals surface area contributed by atoms with Crippen molar-refractivity contribution in [3.63, 3.8) is 0 Å². The standard InChI is InChI=1S/C67H131NO5/c1-3-5-7-9-11-13-15-17-19-20-21-26-29-32-35-39-43-47-51-55-59-65(70)64(63-69)68-66(71)60-56-52-48-44-40-36-33-30-27-24-22-23-25-28-31-34-38-42-46-50-54-58-62-73-67(72)61-57-53-49-45-41-37-18-16-14-12-10-8-6-4-2/h24,27,64-65,69-70H,3-23,25-26,28-63H2,1-2H3,(H,68,71)/b27-24-. The van der Waals surface area contributed by atoms with Crippen molar-refractivity contribution in [1.29, 1.82) is 0 Å². The Labute approximate surface area is 457 Å². The molecule has 0 spiro atoms. The Morgan fingerprint density at radius 1 is 0.370 bits per heavy atom. The van der Waals surface area contributed by atoms with Crippen LogP contribution in [0.3, 0.4) is 0 Å². The average molecular weight is 1030 g/mol. The summed E-state index contributed by atoms with van der Waals surface area (Å²) in [5.74, 6) is -0.0245. The summed E-state index contributed by atoms with van der Waals surface area (Å²) in [6.07, 6.45) is 76.6. The molecule has 434 valence electrons. The Kier molecular flexibility index (Phi) is 61.9. The molecular weight excluding hydrogens is 899 g/mol. The lowest BCUT2D eigenvalue weighted by atomic mass is 10.0. The van der Waals surface area contributed by atoms with Gasteiger partial charge in [-0.2, -0.15) is 0 Å². The van der Waals surface area contributed by atoms with Crippen molar-refractivity contribution in [1.82, 2.24) is 5.32 Å². The normalized spacial score (nSPS) is 12.5. The second-order valence-electron chi connectivity index (χ2n) is 23.2. The van der Waals surface area contributed by atoms with Crippen LogP contribution in [0.4, 0.5) is 0 Å². The molecule has 2 atom stereocenters. The molecule has 1 amide bonds. The van der Waals surface area contributed by atoms with Crippen LogP contribution < -0.4 is 5.32 Å². The summed E-state index contributed by atoms with van der Waals surface area (Å²) in [5.41, 5.74) is 0. The molecule has 0 aromatic rings. The smallest absolute Gasteiger partial charge is 0.305 e. The number of carbonyl (C=O) groups excluding carboxylic acids is 2. The third-order valence-corrected chi connectivity index (χ3v) is 15.8. The molecule has 2 unspecified atom stereocenters. The number of allylic oxidation sites excluding steroid dienone is 2. The Bertz CT molecular complexity index is 1100. The van der Waals surface area contributed by atoms with Gasteiger partial charge in [0.25, 0.3) is 0 Å². The van der Waals surface area contributed by atoms with Crippen molar-refractivity contribution in [3.05, 3.63) is 12.2 Å². The molecule has 0 aromatic carbocycles. The number of hydrogen-bond donors (Lipinski definition) is 3. The minimum absolute atomic E-state index is 0.0133. The van der Waals surface area contributed by atoms with Gasteiger partial charge in [0.05, 0.1) is 25.4 Å². The van der Waals surface area contributed by atoms with Gasteiger partial charge in [0.2, 0.25) is 5.91 Å². The lowest BCUT2D eigenvalue weighted by Crippen LogP contribution is -2.45. The molecule has 0 aromatic heterocycles. The van der Waals surface area contributed by atoms with Gasteiger partial charge in [0, 0.05) is 12.8 Å². The highest BCUT2D eigenvalue weighted by molar-refractivity contribution is 5.76. The summed E-state index contributed by atoms with van der Waals surface area (Å²) in [7, 11) is 0. The first-order chi connectivity index (χ1) is 36.0. The number of amides is 1. The molecule has 0 fully saturated rings. The number of carbonyl (C=O) groups is 2. The summed E-state index contributed by atoms with van der Waals surface area (Å²) in [4.78, 5) is 24.6. The van der Waals surface area contributed by atoms with Gasteiger partial charge < -0.3 is 20.3 Å². The first-order valence-corrected chi connectivity index (χ1v) is 33.4. The van der Waals surface area contributed by atoms with Crippen molar-refractivity contribution in [2.75, 3.05) is 13.2 Å². The minimum atomic E-state index is -0.669. The highest BCUT2D eigenvalue weighted by Crippen LogP contribution is 2.19. The third-order valence-electron chi connectivity index (χ3n) is 15.8. The number of unbranched alkanes of at least 4 members (excludes halogenated alkanes) is 50. The van der Waals surface area contributed by atoms with Crippen molar-refractivity contribution < 1.29 is 24.5 Å². The van der Waals surface area contributed by atoms with Crippen LogP contribution in [0.25, 0.3) is 0 Å². The molecular formula is C67H131NO5. The molecule has 0 aliphatic heterocycles. The van der Waals surface area contributed by atoms with Crippen molar-refractivity contribution >= 4 is 11.9 Å². The number of aliphatic hydroxyl groups is 2. The number of aliphatic hydroxyl groups excluding tert-OH is 2.